The summed E-state index contributed by atoms with van der Waals surface area (Å²) in [5.41, 5.74) is 5.05. The fourth-order valence-corrected chi connectivity index (χ4v) is 1.90. The fourth-order valence-electron chi connectivity index (χ4n) is 0.841. The van der Waals surface area contributed by atoms with Crippen molar-refractivity contribution in [2.45, 2.75) is 16.5 Å². The lowest BCUT2D eigenvalue weighted by molar-refractivity contribution is -0.126. The van der Waals surface area contributed by atoms with E-state index < -0.39 is 18.0 Å². The Bertz CT molecular complexity index is 332. The predicted octanol–water partition coefficient (Wildman–Crippen LogP) is 2.72. The van der Waals surface area contributed by atoms with Crippen LogP contribution in [0.25, 0.3) is 0 Å². The number of aromatic nitrogens is 1. The van der Waals surface area contributed by atoms with E-state index in [9.17, 15) is 13.2 Å². The van der Waals surface area contributed by atoms with Crippen LogP contribution in [0.15, 0.2) is 23.4 Å². The topological polar surface area (TPSA) is 38.9 Å². The molecule has 0 saturated carbocycles. The van der Waals surface area contributed by atoms with E-state index in [4.69, 9.17) is 17.3 Å². The third-order valence-corrected chi connectivity index (χ3v) is 3.27. The number of nitrogens with two attached hydrogens (primary N) is 1. The van der Waals surface area contributed by atoms with E-state index in [1.165, 1.54) is 12.3 Å². The maximum absolute atomic E-state index is 12.4. The highest BCUT2D eigenvalue weighted by Crippen LogP contribution is 2.36. The molecule has 0 amide bonds. The van der Waals surface area contributed by atoms with Crippen LogP contribution in [0.5, 0.6) is 0 Å². The lowest BCUT2D eigenvalue weighted by Crippen LogP contribution is -2.33. The fraction of sp³-hybridized carbons (Fsp3) is 0.375. The molecular weight excluding hydrogens is 249 g/mol. The van der Waals surface area contributed by atoms with Crippen LogP contribution in [0.3, 0.4) is 0 Å². The molecule has 1 unspecified atom stereocenters. The van der Waals surface area contributed by atoms with Gasteiger partial charge in [-0.3, -0.25) is 0 Å². The molecule has 0 fully saturated rings. The summed E-state index contributed by atoms with van der Waals surface area (Å²) < 4.78 is 37.1. The highest BCUT2D eigenvalue weighted by Gasteiger charge is 2.39. The number of halogens is 4. The normalized spacial score (nSPS) is 13.9. The van der Waals surface area contributed by atoms with E-state index in [0.29, 0.717) is 11.8 Å². The van der Waals surface area contributed by atoms with Gasteiger partial charge in [0.1, 0.15) is 10.3 Å². The molecule has 0 aliphatic carbocycles. The second-order valence-corrected chi connectivity index (χ2v) is 4.27. The van der Waals surface area contributed by atoms with Crippen LogP contribution in [-0.2, 0) is 0 Å². The Kier molecular flexibility index (Phi) is 4.24. The summed E-state index contributed by atoms with van der Waals surface area (Å²) in [6.07, 6.45) is -2.96. The number of nitrogens with zero attached hydrogens (tertiary/aromatic N) is 1. The zero-order valence-electron chi connectivity index (χ0n) is 7.46. The molecule has 0 aliphatic heterocycles. The minimum Gasteiger partial charge on any atom is -0.329 e. The summed E-state index contributed by atoms with van der Waals surface area (Å²) in [5.74, 6) is 0. The van der Waals surface area contributed by atoms with E-state index in [1.54, 1.807) is 6.07 Å². The molecule has 1 rings (SSSR count). The molecule has 84 valence electrons. The number of alkyl halides is 3. The van der Waals surface area contributed by atoms with Gasteiger partial charge in [0.2, 0.25) is 0 Å². The number of rotatable bonds is 3. The van der Waals surface area contributed by atoms with Crippen molar-refractivity contribution in [3.8, 4) is 0 Å². The first-order valence-corrected chi connectivity index (χ1v) is 5.25. The number of hydrogen-bond acceptors (Lipinski definition) is 3. The molecule has 1 aromatic heterocycles. The highest BCUT2D eigenvalue weighted by molar-refractivity contribution is 8.00. The van der Waals surface area contributed by atoms with E-state index in [2.05, 4.69) is 4.98 Å². The van der Waals surface area contributed by atoms with Crippen LogP contribution in [0.1, 0.15) is 0 Å². The average molecular weight is 257 g/mol. The molecule has 1 heterocycles. The van der Waals surface area contributed by atoms with E-state index in [0.717, 1.165) is 0 Å². The Hall–Kier alpha value is -0.460. The number of pyridine rings is 1. The Labute approximate surface area is 94.0 Å². The second-order valence-electron chi connectivity index (χ2n) is 2.67. The second kappa shape index (κ2) is 5.05. The van der Waals surface area contributed by atoms with E-state index >= 15 is 0 Å². The zero-order chi connectivity index (χ0) is 11.5. The lowest BCUT2D eigenvalue weighted by atomic mass is 10.4. The van der Waals surface area contributed by atoms with Crippen LogP contribution >= 0.6 is 23.4 Å². The minimum atomic E-state index is -4.35. The van der Waals surface area contributed by atoms with Crippen LogP contribution in [-0.4, -0.2) is 23.0 Å². The first-order valence-electron chi connectivity index (χ1n) is 3.99. The predicted molar refractivity (Wildman–Crippen MR) is 54.0 cm³/mol. The molecule has 1 atom stereocenters. The Morgan fingerprint density at radius 3 is 2.67 bits per heavy atom. The van der Waals surface area contributed by atoms with Gasteiger partial charge in [-0.25, -0.2) is 4.98 Å². The van der Waals surface area contributed by atoms with Gasteiger partial charge < -0.3 is 5.73 Å². The third kappa shape index (κ3) is 3.55. The van der Waals surface area contributed by atoms with Gasteiger partial charge in [-0.1, -0.05) is 23.4 Å². The third-order valence-electron chi connectivity index (χ3n) is 1.56. The number of thioether (sulfide) groups is 1. The van der Waals surface area contributed by atoms with Crippen LogP contribution in [0, 0.1) is 0 Å². The first-order chi connectivity index (χ1) is 6.95. The van der Waals surface area contributed by atoms with Crippen molar-refractivity contribution >= 4 is 23.4 Å². The van der Waals surface area contributed by atoms with Crippen molar-refractivity contribution in [1.82, 2.24) is 4.98 Å². The maximum atomic E-state index is 12.4. The van der Waals surface area contributed by atoms with Crippen LogP contribution in [0.2, 0.25) is 5.02 Å². The molecule has 0 aromatic carbocycles. The summed E-state index contributed by atoms with van der Waals surface area (Å²) in [6.45, 7) is -0.499. The summed E-state index contributed by atoms with van der Waals surface area (Å²) in [6, 6.07) is 3.04. The average Bonchev–Trinajstić information content (AvgIpc) is 2.14. The molecule has 0 spiro atoms. The molecule has 7 heteroatoms. The molecule has 2 N–H and O–H groups in total. The van der Waals surface area contributed by atoms with Gasteiger partial charge in [-0.2, -0.15) is 13.2 Å². The SMILES string of the molecule is NCC(Sc1ncccc1Cl)C(F)(F)F. The number of hydrogen-bond donors (Lipinski definition) is 1. The Morgan fingerprint density at radius 1 is 1.53 bits per heavy atom. The molecule has 2 nitrogen and oxygen atoms in total. The lowest BCUT2D eigenvalue weighted by Gasteiger charge is -2.17. The monoisotopic (exact) mass is 256 g/mol. The van der Waals surface area contributed by atoms with Gasteiger partial charge in [0, 0.05) is 12.7 Å². The molecule has 15 heavy (non-hydrogen) atoms. The van der Waals surface area contributed by atoms with Gasteiger partial charge in [-0.15, -0.1) is 0 Å². The maximum Gasteiger partial charge on any atom is 0.402 e. The van der Waals surface area contributed by atoms with Crippen molar-refractivity contribution in [2.24, 2.45) is 5.73 Å². The van der Waals surface area contributed by atoms with Gasteiger partial charge in [-0.05, 0) is 12.1 Å². The van der Waals surface area contributed by atoms with Crippen molar-refractivity contribution in [3.63, 3.8) is 0 Å². The summed E-state index contributed by atoms with van der Waals surface area (Å²) in [7, 11) is 0. The molecular formula is C8H8ClF3N2S. The standard InChI is InChI=1S/C8H8ClF3N2S/c9-5-2-1-3-14-7(5)15-6(4-13)8(10,11)12/h1-3,6H,4,13H2. The molecule has 0 radical (unpaired) electrons. The Balaban J connectivity index is 2.80. The molecule has 0 saturated heterocycles. The highest BCUT2D eigenvalue weighted by atomic mass is 35.5. The van der Waals surface area contributed by atoms with Crippen molar-refractivity contribution in [2.75, 3.05) is 6.54 Å². The minimum absolute atomic E-state index is 0.145. The quantitative estimate of drug-likeness (QED) is 0.845. The Morgan fingerprint density at radius 2 is 2.20 bits per heavy atom. The van der Waals surface area contributed by atoms with Crippen molar-refractivity contribution in [3.05, 3.63) is 23.4 Å². The molecule has 0 aliphatic rings. The van der Waals surface area contributed by atoms with E-state index in [1.807, 2.05) is 0 Å². The first kappa shape index (κ1) is 12.6. The van der Waals surface area contributed by atoms with E-state index in [-0.39, 0.29) is 10.0 Å². The molecule has 1 aromatic rings. The zero-order valence-corrected chi connectivity index (χ0v) is 9.03. The largest absolute Gasteiger partial charge is 0.402 e. The smallest absolute Gasteiger partial charge is 0.329 e. The van der Waals surface area contributed by atoms with Gasteiger partial charge in [0.25, 0.3) is 0 Å². The summed E-state index contributed by atoms with van der Waals surface area (Å²) in [4.78, 5) is 3.76. The van der Waals surface area contributed by atoms with Crippen molar-refractivity contribution < 1.29 is 13.2 Å². The molecule has 0 bridgehead atoms. The van der Waals surface area contributed by atoms with Gasteiger partial charge in [0.05, 0.1) is 5.02 Å². The van der Waals surface area contributed by atoms with Crippen molar-refractivity contribution in [1.29, 1.82) is 0 Å². The summed E-state index contributed by atoms with van der Waals surface area (Å²) >= 11 is 6.21. The summed E-state index contributed by atoms with van der Waals surface area (Å²) in [5, 5.41) is -1.33. The van der Waals surface area contributed by atoms with Gasteiger partial charge >= 0.3 is 6.18 Å². The van der Waals surface area contributed by atoms with Crippen LogP contribution < -0.4 is 5.73 Å². The van der Waals surface area contributed by atoms with Gasteiger partial charge in [0.15, 0.2) is 0 Å². The van der Waals surface area contributed by atoms with Crippen LogP contribution in [0.4, 0.5) is 13.2 Å².